The van der Waals surface area contributed by atoms with Crippen molar-refractivity contribution in [2.45, 2.75) is 19.1 Å². The molecule has 130 valence electrons. The highest BCUT2D eigenvalue weighted by Gasteiger charge is 2.31. The van der Waals surface area contributed by atoms with Crippen molar-refractivity contribution in [2.75, 3.05) is 19.7 Å². The Morgan fingerprint density at radius 1 is 1.38 bits per heavy atom. The minimum Gasteiger partial charge on any atom is -0.479 e. The lowest BCUT2D eigenvalue weighted by Crippen LogP contribution is -2.54. The molecule has 2 N–H and O–H groups in total. The third-order valence-electron chi connectivity index (χ3n) is 3.57. The van der Waals surface area contributed by atoms with E-state index in [9.17, 15) is 14.4 Å². The fourth-order valence-electron chi connectivity index (χ4n) is 2.29. The number of amides is 2. The molecule has 2 unspecified atom stereocenters. The van der Waals surface area contributed by atoms with Crippen LogP contribution in [0.4, 0.5) is 0 Å². The number of benzene rings is 1. The number of ether oxygens (including phenoxy) is 1. The number of rotatable bonds is 4. The van der Waals surface area contributed by atoms with Crippen LogP contribution < -0.4 is 5.32 Å². The Morgan fingerprint density at radius 3 is 2.75 bits per heavy atom. The highest BCUT2D eigenvalue weighted by atomic mass is 35.5. The van der Waals surface area contributed by atoms with Crippen molar-refractivity contribution in [3.63, 3.8) is 0 Å². The van der Waals surface area contributed by atoms with Crippen LogP contribution in [-0.2, 0) is 14.3 Å². The molecule has 1 saturated heterocycles. The Balaban J connectivity index is 2.02. The summed E-state index contributed by atoms with van der Waals surface area (Å²) in [5, 5.41) is 11.9. The molecule has 1 fully saturated rings. The molecule has 1 aliphatic rings. The highest BCUT2D eigenvalue weighted by Crippen LogP contribution is 2.25. The number of halogens is 2. The van der Waals surface area contributed by atoms with Crippen molar-refractivity contribution < 1.29 is 24.2 Å². The molecule has 1 aromatic rings. The van der Waals surface area contributed by atoms with Crippen LogP contribution in [0.1, 0.15) is 17.3 Å². The molecule has 0 aliphatic carbocycles. The van der Waals surface area contributed by atoms with Gasteiger partial charge >= 0.3 is 5.97 Å². The first-order valence-electron chi connectivity index (χ1n) is 7.19. The summed E-state index contributed by atoms with van der Waals surface area (Å²) in [5.74, 6) is -2.06. The molecule has 1 aliphatic heterocycles. The number of nitrogens with one attached hydrogen (secondary N) is 1. The lowest BCUT2D eigenvalue weighted by atomic mass is 10.1. The minimum atomic E-state index is -1.13. The van der Waals surface area contributed by atoms with E-state index in [0.717, 1.165) is 0 Å². The zero-order valence-corrected chi connectivity index (χ0v) is 14.3. The van der Waals surface area contributed by atoms with Gasteiger partial charge in [0, 0.05) is 6.54 Å². The third kappa shape index (κ3) is 4.17. The van der Waals surface area contributed by atoms with Crippen LogP contribution in [0.15, 0.2) is 18.2 Å². The summed E-state index contributed by atoms with van der Waals surface area (Å²) in [6.07, 6.45) is -1.06. The maximum absolute atomic E-state index is 12.4. The highest BCUT2D eigenvalue weighted by molar-refractivity contribution is 6.43. The quantitative estimate of drug-likeness (QED) is 0.830. The molecule has 2 rings (SSSR count). The molecule has 0 saturated carbocycles. The van der Waals surface area contributed by atoms with Crippen LogP contribution >= 0.6 is 23.2 Å². The number of morpholine rings is 1. The fourth-order valence-corrected chi connectivity index (χ4v) is 2.67. The first-order chi connectivity index (χ1) is 11.3. The van der Waals surface area contributed by atoms with E-state index in [1.54, 1.807) is 12.1 Å². The van der Waals surface area contributed by atoms with Crippen molar-refractivity contribution in [1.82, 2.24) is 10.2 Å². The zero-order chi connectivity index (χ0) is 17.9. The molecule has 1 heterocycles. The molecule has 0 spiro atoms. The molecule has 0 bridgehead atoms. The van der Waals surface area contributed by atoms with E-state index < -0.39 is 29.9 Å². The summed E-state index contributed by atoms with van der Waals surface area (Å²) >= 11 is 11.9. The lowest BCUT2D eigenvalue weighted by molar-refractivity contribution is -0.159. The van der Waals surface area contributed by atoms with Crippen molar-refractivity contribution in [3.05, 3.63) is 33.8 Å². The number of carbonyl (C=O) groups excluding carboxylic acids is 2. The lowest BCUT2D eigenvalue weighted by Gasteiger charge is -2.32. The summed E-state index contributed by atoms with van der Waals surface area (Å²) in [6, 6.07) is 3.78. The van der Waals surface area contributed by atoms with Gasteiger partial charge in [0.1, 0.15) is 6.04 Å². The fraction of sp³-hybridized carbons (Fsp3) is 0.400. The monoisotopic (exact) mass is 374 g/mol. The number of carbonyl (C=O) groups is 3. The van der Waals surface area contributed by atoms with Crippen LogP contribution in [0, 0.1) is 0 Å². The second-order valence-electron chi connectivity index (χ2n) is 5.28. The summed E-state index contributed by atoms with van der Waals surface area (Å²) < 4.78 is 5.07. The topological polar surface area (TPSA) is 95.9 Å². The number of hydrogen-bond donors (Lipinski definition) is 2. The number of hydrogen-bond acceptors (Lipinski definition) is 4. The predicted octanol–water partition coefficient (Wildman–Crippen LogP) is 1.42. The van der Waals surface area contributed by atoms with Gasteiger partial charge in [0.15, 0.2) is 6.10 Å². The molecule has 1 aromatic carbocycles. The SMILES string of the molecule is CC(NC(=O)c1cccc(Cl)c1Cl)C(=O)N1CCOC(C(=O)O)C1. The Labute approximate surface area is 148 Å². The smallest absolute Gasteiger partial charge is 0.334 e. The Bertz CT molecular complexity index is 667. The van der Waals surface area contributed by atoms with Gasteiger partial charge in [-0.2, -0.15) is 0 Å². The predicted molar refractivity (Wildman–Crippen MR) is 87.3 cm³/mol. The van der Waals surface area contributed by atoms with E-state index in [0.29, 0.717) is 0 Å². The van der Waals surface area contributed by atoms with Crippen LogP contribution in [0.3, 0.4) is 0 Å². The number of carboxylic acids is 1. The Morgan fingerprint density at radius 2 is 2.08 bits per heavy atom. The summed E-state index contributed by atoms with van der Waals surface area (Å²) in [7, 11) is 0. The van der Waals surface area contributed by atoms with Gasteiger partial charge in [-0.15, -0.1) is 0 Å². The van der Waals surface area contributed by atoms with Crippen molar-refractivity contribution in [3.8, 4) is 0 Å². The minimum absolute atomic E-state index is 0.0632. The average Bonchev–Trinajstić information content (AvgIpc) is 2.56. The number of nitrogens with zero attached hydrogens (tertiary/aromatic N) is 1. The summed E-state index contributed by atoms with van der Waals surface area (Å²) in [6.45, 7) is 1.85. The molecule has 9 heteroatoms. The average molecular weight is 375 g/mol. The zero-order valence-electron chi connectivity index (χ0n) is 12.8. The Hall–Kier alpha value is -1.83. The van der Waals surface area contributed by atoms with E-state index in [-0.39, 0.29) is 35.3 Å². The van der Waals surface area contributed by atoms with Gasteiger partial charge < -0.3 is 20.1 Å². The van der Waals surface area contributed by atoms with Crippen molar-refractivity contribution in [1.29, 1.82) is 0 Å². The van der Waals surface area contributed by atoms with E-state index in [2.05, 4.69) is 5.32 Å². The Kier molecular flexibility index (Phi) is 6.04. The van der Waals surface area contributed by atoms with Gasteiger partial charge in [-0.05, 0) is 19.1 Å². The van der Waals surface area contributed by atoms with Gasteiger partial charge in [0.05, 0.1) is 28.8 Å². The largest absolute Gasteiger partial charge is 0.479 e. The van der Waals surface area contributed by atoms with Gasteiger partial charge in [0.25, 0.3) is 5.91 Å². The van der Waals surface area contributed by atoms with Gasteiger partial charge in [-0.3, -0.25) is 9.59 Å². The van der Waals surface area contributed by atoms with Crippen LogP contribution in [0.25, 0.3) is 0 Å². The first kappa shape index (κ1) is 18.5. The molecular weight excluding hydrogens is 359 g/mol. The van der Waals surface area contributed by atoms with Crippen LogP contribution in [0.5, 0.6) is 0 Å². The van der Waals surface area contributed by atoms with Gasteiger partial charge in [-0.25, -0.2) is 4.79 Å². The molecule has 2 atom stereocenters. The maximum atomic E-state index is 12.4. The molecule has 7 nitrogen and oxygen atoms in total. The van der Waals surface area contributed by atoms with E-state index >= 15 is 0 Å². The molecular formula is C15H16Cl2N2O5. The molecule has 2 amide bonds. The second-order valence-corrected chi connectivity index (χ2v) is 6.06. The normalized spacial score (nSPS) is 18.8. The summed E-state index contributed by atoms with van der Waals surface area (Å²) in [5.41, 5.74) is 0.161. The van der Waals surface area contributed by atoms with Crippen LogP contribution in [0.2, 0.25) is 10.0 Å². The second kappa shape index (κ2) is 7.83. The summed E-state index contributed by atoms with van der Waals surface area (Å²) in [4.78, 5) is 37.0. The van der Waals surface area contributed by atoms with E-state index in [1.807, 2.05) is 0 Å². The van der Waals surface area contributed by atoms with Gasteiger partial charge in [-0.1, -0.05) is 29.3 Å². The van der Waals surface area contributed by atoms with Gasteiger partial charge in [0.2, 0.25) is 5.91 Å². The first-order valence-corrected chi connectivity index (χ1v) is 7.95. The number of aliphatic carboxylic acids is 1. The van der Waals surface area contributed by atoms with Crippen molar-refractivity contribution in [2.24, 2.45) is 0 Å². The maximum Gasteiger partial charge on any atom is 0.334 e. The van der Waals surface area contributed by atoms with E-state index in [1.165, 1.54) is 17.9 Å². The van der Waals surface area contributed by atoms with E-state index in [4.69, 9.17) is 33.0 Å². The third-order valence-corrected chi connectivity index (χ3v) is 4.39. The van der Waals surface area contributed by atoms with Crippen molar-refractivity contribution >= 4 is 41.0 Å². The number of carboxylic acid groups (broad SMARTS) is 1. The standard InChI is InChI=1S/C15H16Cl2N2O5/c1-8(14(21)19-5-6-24-11(7-19)15(22)23)18-13(20)9-3-2-4-10(16)12(9)17/h2-4,8,11H,5-7H2,1H3,(H,18,20)(H,22,23). The molecule has 0 radical (unpaired) electrons. The molecule has 0 aromatic heterocycles. The van der Waals surface area contributed by atoms with Crippen LogP contribution in [-0.4, -0.2) is 59.6 Å². The molecule has 24 heavy (non-hydrogen) atoms.